The van der Waals surface area contributed by atoms with Gasteiger partial charge in [-0.1, -0.05) is 48.5 Å². The number of rotatable bonds is 8. The van der Waals surface area contributed by atoms with E-state index >= 15 is 0 Å². The van der Waals surface area contributed by atoms with Crippen molar-refractivity contribution in [1.82, 2.24) is 4.90 Å². The van der Waals surface area contributed by atoms with Crippen molar-refractivity contribution in [3.63, 3.8) is 0 Å². The molecule has 0 atom stereocenters. The van der Waals surface area contributed by atoms with Crippen molar-refractivity contribution in [2.75, 3.05) is 18.1 Å². The molecule has 0 bridgehead atoms. The number of benzene rings is 3. The van der Waals surface area contributed by atoms with E-state index in [1.807, 2.05) is 49.1 Å². The number of hydrogen-bond donors (Lipinski definition) is 0. The fourth-order valence-corrected chi connectivity index (χ4v) is 3.95. The Morgan fingerprint density at radius 1 is 0.879 bits per heavy atom. The van der Waals surface area contributed by atoms with Crippen LogP contribution in [-0.4, -0.2) is 29.9 Å². The first-order valence-corrected chi connectivity index (χ1v) is 10.9. The van der Waals surface area contributed by atoms with E-state index in [1.54, 1.807) is 24.3 Å². The maximum Gasteiger partial charge on any atom is 0.282 e. The molecule has 168 valence electrons. The summed E-state index contributed by atoms with van der Waals surface area (Å²) in [6, 6.07) is 22.3. The molecule has 0 saturated heterocycles. The summed E-state index contributed by atoms with van der Waals surface area (Å²) in [4.78, 5) is 30.4. The first-order valence-electron chi connectivity index (χ1n) is 10.9. The first kappa shape index (κ1) is 22.3. The Bertz CT molecular complexity index is 1190. The molecule has 0 unspecified atom stereocenters. The van der Waals surface area contributed by atoms with E-state index in [1.165, 1.54) is 29.2 Å². The maximum absolute atomic E-state index is 13.7. The number of ether oxygens (including phenoxy) is 1. The van der Waals surface area contributed by atoms with Crippen LogP contribution in [0, 0.1) is 5.82 Å². The number of halogens is 1. The SMILES string of the molecule is CCOc1cccc(N2C(=O)C(c3ccc(F)cc3)=C(N(CC)Cc3ccccc3)C2=O)c1. The van der Waals surface area contributed by atoms with Crippen LogP contribution >= 0.6 is 0 Å². The third-order valence-corrected chi connectivity index (χ3v) is 5.49. The van der Waals surface area contributed by atoms with Crippen molar-refractivity contribution >= 4 is 23.1 Å². The Labute approximate surface area is 192 Å². The maximum atomic E-state index is 13.7. The minimum Gasteiger partial charge on any atom is -0.494 e. The normalized spacial score (nSPS) is 13.6. The molecule has 1 aliphatic heterocycles. The molecule has 0 saturated carbocycles. The van der Waals surface area contributed by atoms with Gasteiger partial charge in [0.1, 0.15) is 17.3 Å². The highest BCUT2D eigenvalue weighted by molar-refractivity contribution is 6.45. The number of likely N-dealkylation sites (N-methyl/N-ethyl adjacent to an activating group) is 1. The second-order valence-electron chi connectivity index (χ2n) is 7.61. The highest BCUT2D eigenvalue weighted by Crippen LogP contribution is 2.36. The summed E-state index contributed by atoms with van der Waals surface area (Å²) in [6.45, 7) is 5.25. The minimum atomic E-state index is -0.443. The summed E-state index contributed by atoms with van der Waals surface area (Å²) >= 11 is 0. The number of hydrogen-bond acceptors (Lipinski definition) is 4. The third-order valence-electron chi connectivity index (χ3n) is 5.49. The van der Waals surface area contributed by atoms with Gasteiger partial charge in [-0.05, 0) is 49.2 Å². The van der Waals surface area contributed by atoms with Crippen molar-refractivity contribution in [2.24, 2.45) is 0 Å². The third kappa shape index (κ3) is 4.51. The molecule has 2 amide bonds. The zero-order valence-electron chi connectivity index (χ0n) is 18.6. The Kier molecular flexibility index (Phi) is 6.54. The fraction of sp³-hybridized carbons (Fsp3) is 0.185. The summed E-state index contributed by atoms with van der Waals surface area (Å²) in [5.41, 5.74) is 2.52. The second-order valence-corrected chi connectivity index (χ2v) is 7.61. The Morgan fingerprint density at radius 3 is 2.27 bits per heavy atom. The van der Waals surface area contributed by atoms with Crippen LogP contribution in [0.1, 0.15) is 25.0 Å². The molecule has 0 N–H and O–H groups in total. The molecule has 4 rings (SSSR count). The molecule has 0 radical (unpaired) electrons. The van der Waals surface area contributed by atoms with Gasteiger partial charge in [0.15, 0.2) is 0 Å². The number of nitrogens with zero attached hydrogens (tertiary/aromatic N) is 2. The van der Waals surface area contributed by atoms with E-state index in [0.29, 0.717) is 42.4 Å². The quantitative estimate of drug-likeness (QED) is 0.457. The summed E-state index contributed by atoms with van der Waals surface area (Å²) in [5.74, 6) is -0.688. The first-order chi connectivity index (χ1) is 16.0. The zero-order chi connectivity index (χ0) is 23.4. The van der Waals surface area contributed by atoms with E-state index in [9.17, 15) is 14.0 Å². The van der Waals surface area contributed by atoms with Crippen LogP contribution in [-0.2, 0) is 16.1 Å². The lowest BCUT2D eigenvalue weighted by atomic mass is 10.0. The molecule has 5 nitrogen and oxygen atoms in total. The van der Waals surface area contributed by atoms with Gasteiger partial charge in [-0.25, -0.2) is 9.29 Å². The number of imide groups is 1. The van der Waals surface area contributed by atoms with Gasteiger partial charge in [0.05, 0.1) is 17.9 Å². The summed E-state index contributed by atoms with van der Waals surface area (Å²) in [7, 11) is 0. The highest BCUT2D eigenvalue weighted by Gasteiger charge is 2.42. The molecule has 0 spiro atoms. The minimum absolute atomic E-state index is 0.264. The van der Waals surface area contributed by atoms with E-state index in [0.717, 1.165) is 5.56 Å². The van der Waals surface area contributed by atoms with Crippen molar-refractivity contribution in [3.8, 4) is 5.75 Å². The fourth-order valence-electron chi connectivity index (χ4n) is 3.95. The van der Waals surface area contributed by atoms with Crippen LogP contribution in [0.2, 0.25) is 0 Å². The standard InChI is InChI=1S/C27H25FN2O3/c1-3-29(18-19-9-6-5-7-10-19)25-24(20-13-15-21(28)16-14-20)26(31)30(27(25)32)22-11-8-12-23(17-22)33-4-2/h5-17H,3-4,18H2,1-2H3. The van der Waals surface area contributed by atoms with E-state index in [2.05, 4.69) is 0 Å². The van der Waals surface area contributed by atoms with Crippen LogP contribution in [0.5, 0.6) is 5.75 Å². The van der Waals surface area contributed by atoms with Gasteiger partial charge in [0.25, 0.3) is 11.8 Å². The van der Waals surface area contributed by atoms with Crippen LogP contribution in [0.15, 0.2) is 84.6 Å². The van der Waals surface area contributed by atoms with Gasteiger partial charge in [0.2, 0.25) is 0 Å². The Balaban J connectivity index is 1.81. The number of anilines is 1. The van der Waals surface area contributed by atoms with Gasteiger partial charge >= 0.3 is 0 Å². The van der Waals surface area contributed by atoms with Gasteiger partial charge in [-0.2, -0.15) is 0 Å². The van der Waals surface area contributed by atoms with Crippen molar-refractivity contribution in [2.45, 2.75) is 20.4 Å². The lowest BCUT2D eigenvalue weighted by Crippen LogP contribution is -2.35. The van der Waals surface area contributed by atoms with E-state index in [4.69, 9.17) is 4.74 Å². The van der Waals surface area contributed by atoms with Crippen LogP contribution in [0.25, 0.3) is 5.57 Å². The molecule has 1 heterocycles. The van der Waals surface area contributed by atoms with Gasteiger partial charge in [0, 0.05) is 19.2 Å². The van der Waals surface area contributed by atoms with E-state index < -0.39 is 17.6 Å². The molecular formula is C27H25FN2O3. The molecular weight excluding hydrogens is 419 g/mol. The van der Waals surface area contributed by atoms with Gasteiger partial charge in [-0.15, -0.1) is 0 Å². The van der Waals surface area contributed by atoms with E-state index in [-0.39, 0.29) is 5.57 Å². The summed E-state index contributed by atoms with van der Waals surface area (Å²) in [5, 5.41) is 0. The number of amides is 2. The van der Waals surface area contributed by atoms with Gasteiger partial charge in [-0.3, -0.25) is 9.59 Å². The van der Waals surface area contributed by atoms with Crippen molar-refractivity contribution in [1.29, 1.82) is 0 Å². The van der Waals surface area contributed by atoms with Crippen molar-refractivity contribution < 1.29 is 18.7 Å². The van der Waals surface area contributed by atoms with Crippen molar-refractivity contribution in [3.05, 3.63) is 102 Å². The average molecular weight is 445 g/mol. The number of carbonyl (C=O) groups is 2. The molecule has 0 aliphatic carbocycles. The Hall–Kier alpha value is -3.93. The molecule has 3 aromatic carbocycles. The van der Waals surface area contributed by atoms with Gasteiger partial charge < -0.3 is 9.64 Å². The average Bonchev–Trinajstić information content (AvgIpc) is 3.09. The molecule has 0 fully saturated rings. The largest absolute Gasteiger partial charge is 0.494 e. The summed E-state index contributed by atoms with van der Waals surface area (Å²) < 4.78 is 19.2. The van der Waals surface area contributed by atoms with Crippen LogP contribution in [0.4, 0.5) is 10.1 Å². The monoisotopic (exact) mass is 444 g/mol. The number of carbonyl (C=O) groups excluding carboxylic acids is 2. The lowest BCUT2D eigenvalue weighted by molar-refractivity contribution is -0.120. The summed E-state index contributed by atoms with van der Waals surface area (Å²) in [6.07, 6.45) is 0. The predicted molar refractivity (Wildman–Crippen MR) is 126 cm³/mol. The molecule has 33 heavy (non-hydrogen) atoms. The zero-order valence-corrected chi connectivity index (χ0v) is 18.6. The predicted octanol–water partition coefficient (Wildman–Crippen LogP) is 5.03. The lowest BCUT2D eigenvalue weighted by Gasteiger charge is -2.25. The highest BCUT2D eigenvalue weighted by atomic mass is 19.1. The second kappa shape index (κ2) is 9.69. The molecule has 0 aromatic heterocycles. The Morgan fingerprint density at radius 2 is 1.61 bits per heavy atom. The van der Waals surface area contributed by atoms with Crippen LogP contribution < -0.4 is 9.64 Å². The molecule has 6 heteroatoms. The molecule has 3 aromatic rings. The smallest absolute Gasteiger partial charge is 0.282 e. The molecule has 1 aliphatic rings. The topological polar surface area (TPSA) is 49.9 Å². The van der Waals surface area contributed by atoms with Crippen LogP contribution in [0.3, 0.4) is 0 Å².